The molecule has 0 amide bonds. The number of nitrogens with one attached hydrogen (secondary N) is 1. The molecule has 136 valence electrons. The van der Waals surface area contributed by atoms with E-state index in [1.165, 1.54) is 12.1 Å². The molecule has 0 aliphatic carbocycles. The van der Waals surface area contributed by atoms with E-state index in [9.17, 15) is 13.2 Å². The van der Waals surface area contributed by atoms with Crippen LogP contribution in [0.3, 0.4) is 0 Å². The number of benzene rings is 1. The number of alkyl halides is 3. The number of morpholine rings is 1. The quantitative estimate of drug-likeness (QED) is 0.907. The van der Waals surface area contributed by atoms with Crippen LogP contribution < -0.4 is 4.74 Å². The van der Waals surface area contributed by atoms with Gasteiger partial charge in [0, 0.05) is 12.6 Å². The average molecular weight is 355 g/mol. The monoisotopic (exact) mass is 355 g/mol. The number of nitrogens with zero attached hydrogens (tertiary/aromatic N) is 2. The predicted molar refractivity (Wildman–Crippen MR) is 86.1 cm³/mol. The van der Waals surface area contributed by atoms with Crippen LogP contribution in [0.15, 0.2) is 30.5 Å². The Morgan fingerprint density at radius 3 is 2.64 bits per heavy atom. The largest absolute Gasteiger partial charge is 0.573 e. The fourth-order valence-electron chi connectivity index (χ4n) is 2.96. The summed E-state index contributed by atoms with van der Waals surface area (Å²) in [6.45, 7) is 6.34. The zero-order valence-corrected chi connectivity index (χ0v) is 14.0. The zero-order chi connectivity index (χ0) is 18.0. The Bertz CT molecular complexity index is 698. The fourth-order valence-corrected chi connectivity index (χ4v) is 2.96. The maximum atomic E-state index is 12.2. The number of rotatable bonds is 4. The zero-order valence-electron chi connectivity index (χ0n) is 14.0. The van der Waals surface area contributed by atoms with Crippen LogP contribution in [0, 0.1) is 0 Å². The lowest BCUT2D eigenvalue weighted by atomic mass is 10.1. The lowest BCUT2D eigenvalue weighted by Crippen LogP contribution is -2.43. The number of aromatic amines is 1. The van der Waals surface area contributed by atoms with Crippen LogP contribution in [0.5, 0.6) is 5.75 Å². The number of H-pyrrole nitrogens is 1. The molecule has 0 unspecified atom stereocenters. The van der Waals surface area contributed by atoms with Crippen molar-refractivity contribution in [2.75, 3.05) is 19.8 Å². The van der Waals surface area contributed by atoms with Gasteiger partial charge in [0.2, 0.25) is 0 Å². The van der Waals surface area contributed by atoms with Crippen LogP contribution >= 0.6 is 0 Å². The molecule has 2 heterocycles. The predicted octanol–water partition coefficient (Wildman–Crippen LogP) is 3.76. The van der Waals surface area contributed by atoms with Crippen LogP contribution in [0.1, 0.15) is 25.7 Å². The first-order valence-corrected chi connectivity index (χ1v) is 8.08. The molecule has 25 heavy (non-hydrogen) atoms. The third-order valence-corrected chi connectivity index (χ3v) is 4.14. The number of aromatic nitrogens is 2. The Morgan fingerprint density at radius 2 is 2.00 bits per heavy atom. The van der Waals surface area contributed by atoms with E-state index in [0.29, 0.717) is 19.3 Å². The topological polar surface area (TPSA) is 50.4 Å². The maximum Gasteiger partial charge on any atom is 0.573 e. The molecular formula is C17H20F3N3O2. The van der Waals surface area contributed by atoms with Gasteiger partial charge in [-0.15, -0.1) is 13.2 Å². The second-order valence-corrected chi connectivity index (χ2v) is 6.18. The fraction of sp³-hybridized carbons (Fsp3) is 0.471. The Kier molecular flexibility index (Phi) is 5.01. The second-order valence-electron chi connectivity index (χ2n) is 6.18. The lowest BCUT2D eigenvalue weighted by molar-refractivity contribution is -0.274. The van der Waals surface area contributed by atoms with Gasteiger partial charge in [0.15, 0.2) is 0 Å². The third kappa shape index (κ3) is 4.32. The van der Waals surface area contributed by atoms with E-state index < -0.39 is 6.36 Å². The first-order valence-electron chi connectivity index (χ1n) is 8.08. The van der Waals surface area contributed by atoms with Crippen LogP contribution in [-0.2, 0) is 4.74 Å². The standard InChI is InChI=1S/C17H20F3N3O2/c1-11(2)23-7-8-24-10-15(23)16-21-9-14(22-16)12-3-5-13(6-4-12)25-17(18,19)20/h3-6,9,11,15H,7-8,10H2,1-2H3,(H,21,22)/t15-/m0/s1. The van der Waals surface area contributed by atoms with Crippen molar-refractivity contribution in [1.82, 2.24) is 14.9 Å². The molecule has 5 nitrogen and oxygen atoms in total. The van der Waals surface area contributed by atoms with Crippen molar-refractivity contribution in [1.29, 1.82) is 0 Å². The lowest BCUT2D eigenvalue weighted by Gasteiger charge is -2.37. The molecule has 2 aromatic rings. The highest BCUT2D eigenvalue weighted by Crippen LogP contribution is 2.28. The molecule has 1 saturated heterocycles. The number of halogens is 3. The summed E-state index contributed by atoms with van der Waals surface area (Å²) >= 11 is 0. The third-order valence-electron chi connectivity index (χ3n) is 4.14. The molecule has 1 aromatic carbocycles. The van der Waals surface area contributed by atoms with Crippen molar-refractivity contribution in [3.8, 4) is 17.0 Å². The van der Waals surface area contributed by atoms with Gasteiger partial charge in [-0.25, -0.2) is 4.98 Å². The van der Waals surface area contributed by atoms with E-state index in [4.69, 9.17) is 4.74 Å². The normalized spacial score (nSPS) is 19.4. The molecule has 3 rings (SSSR count). The van der Waals surface area contributed by atoms with Gasteiger partial charge >= 0.3 is 6.36 Å². The minimum Gasteiger partial charge on any atom is -0.406 e. The molecule has 1 atom stereocenters. The molecule has 8 heteroatoms. The Morgan fingerprint density at radius 1 is 1.28 bits per heavy atom. The summed E-state index contributed by atoms with van der Waals surface area (Å²) in [6.07, 6.45) is -3.01. The Labute approximate surface area is 143 Å². The van der Waals surface area contributed by atoms with E-state index in [1.54, 1.807) is 18.3 Å². The van der Waals surface area contributed by atoms with E-state index >= 15 is 0 Å². The Balaban J connectivity index is 1.77. The molecule has 1 N–H and O–H groups in total. The number of imidazole rings is 1. The summed E-state index contributed by atoms with van der Waals surface area (Å²) in [5.41, 5.74) is 1.48. The molecule has 0 spiro atoms. The van der Waals surface area contributed by atoms with Gasteiger partial charge in [-0.2, -0.15) is 0 Å². The van der Waals surface area contributed by atoms with Gasteiger partial charge in [0.25, 0.3) is 0 Å². The van der Waals surface area contributed by atoms with Gasteiger partial charge < -0.3 is 14.5 Å². The smallest absolute Gasteiger partial charge is 0.406 e. The van der Waals surface area contributed by atoms with Crippen molar-refractivity contribution in [3.63, 3.8) is 0 Å². The van der Waals surface area contributed by atoms with Gasteiger partial charge in [-0.1, -0.05) is 0 Å². The van der Waals surface area contributed by atoms with Crippen LogP contribution in [0.4, 0.5) is 13.2 Å². The number of ether oxygens (including phenoxy) is 2. The average Bonchev–Trinajstić information content (AvgIpc) is 3.04. The molecule has 0 radical (unpaired) electrons. The highest BCUT2D eigenvalue weighted by molar-refractivity contribution is 5.59. The van der Waals surface area contributed by atoms with Crippen LogP contribution in [0.2, 0.25) is 0 Å². The van der Waals surface area contributed by atoms with E-state index in [2.05, 4.69) is 33.5 Å². The van der Waals surface area contributed by atoms with Crippen molar-refractivity contribution >= 4 is 0 Å². The molecule has 1 fully saturated rings. The van der Waals surface area contributed by atoms with E-state index in [0.717, 1.165) is 23.6 Å². The van der Waals surface area contributed by atoms with Crippen molar-refractivity contribution in [2.24, 2.45) is 0 Å². The summed E-state index contributed by atoms with van der Waals surface area (Å²) in [7, 11) is 0. The van der Waals surface area contributed by atoms with Crippen molar-refractivity contribution in [2.45, 2.75) is 32.3 Å². The SMILES string of the molecule is CC(C)N1CCOC[C@H]1c1ncc(-c2ccc(OC(F)(F)F)cc2)[nH]1. The molecule has 1 aromatic heterocycles. The van der Waals surface area contributed by atoms with Crippen molar-refractivity contribution in [3.05, 3.63) is 36.3 Å². The van der Waals surface area contributed by atoms with Gasteiger partial charge in [0.1, 0.15) is 11.6 Å². The van der Waals surface area contributed by atoms with Gasteiger partial charge in [-0.05, 0) is 43.7 Å². The molecule has 1 aliphatic rings. The summed E-state index contributed by atoms with van der Waals surface area (Å²) in [4.78, 5) is 10.0. The molecule has 1 aliphatic heterocycles. The highest BCUT2D eigenvalue weighted by atomic mass is 19.4. The summed E-state index contributed by atoms with van der Waals surface area (Å²) in [6, 6.07) is 6.10. The summed E-state index contributed by atoms with van der Waals surface area (Å²) < 4.78 is 46.1. The minimum atomic E-state index is -4.69. The van der Waals surface area contributed by atoms with Gasteiger partial charge in [-0.3, -0.25) is 4.90 Å². The molecular weight excluding hydrogens is 335 g/mol. The Hall–Kier alpha value is -2.06. The van der Waals surface area contributed by atoms with E-state index in [-0.39, 0.29) is 11.8 Å². The molecule has 0 bridgehead atoms. The summed E-state index contributed by atoms with van der Waals surface area (Å²) in [5, 5.41) is 0. The number of hydrogen-bond donors (Lipinski definition) is 1. The second kappa shape index (κ2) is 7.05. The number of hydrogen-bond acceptors (Lipinski definition) is 4. The summed E-state index contributed by atoms with van der Waals surface area (Å²) in [5.74, 6) is 0.543. The first kappa shape index (κ1) is 17.8. The van der Waals surface area contributed by atoms with Crippen LogP contribution in [0.25, 0.3) is 11.3 Å². The van der Waals surface area contributed by atoms with E-state index in [1.807, 2.05) is 0 Å². The van der Waals surface area contributed by atoms with Crippen LogP contribution in [-0.4, -0.2) is 47.0 Å². The highest BCUT2D eigenvalue weighted by Gasteiger charge is 2.31. The first-order chi connectivity index (χ1) is 11.8. The minimum absolute atomic E-state index is 0.0373. The van der Waals surface area contributed by atoms with Crippen molar-refractivity contribution < 1.29 is 22.6 Å². The maximum absolute atomic E-state index is 12.2. The van der Waals surface area contributed by atoms with Gasteiger partial charge in [0.05, 0.1) is 31.1 Å². The molecule has 0 saturated carbocycles.